The van der Waals surface area contributed by atoms with Gasteiger partial charge in [0, 0.05) is 13.6 Å². The number of likely N-dealkylation sites (N-methyl/N-ethyl adjacent to an activating group) is 1. The average molecular weight is 473 g/mol. The Hall–Kier alpha value is -1.74. The second-order valence-electron chi connectivity index (χ2n) is 5.76. The molecule has 0 aliphatic rings. The van der Waals surface area contributed by atoms with Crippen LogP contribution in [0.15, 0.2) is 52.1 Å². The summed E-state index contributed by atoms with van der Waals surface area (Å²) in [4.78, 5) is 6.46. The van der Waals surface area contributed by atoms with Crippen molar-refractivity contribution in [2.24, 2.45) is 4.99 Å². The summed E-state index contributed by atoms with van der Waals surface area (Å²) in [6, 6.07) is 11.5. The summed E-state index contributed by atoms with van der Waals surface area (Å²) >= 11 is 0. The normalized spacial score (nSPS) is 12.2. The van der Waals surface area contributed by atoms with Crippen LogP contribution in [0.2, 0.25) is 0 Å². The predicted molar refractivity (Wildman–Crippen MR) is 114 cm³/mol. The van der Waals surface area contributed by atoms with Crippen molar-refractivity contribution in [1.82, 2.24) is 10.2 Å². The zero-order valence-corrected chi connectivity index (χ0v) is 17.8. The predicted octanol–water partition coefficient (Wildman–Crippen LogP) is 3.22. The lowest BCUT2D eigenvalue weighted by molar-refractivity contribution is 0.158. The number of nitrogens with zero attached hydrogens (tertiary/aromatic N) is 2. The smallest absolute Gasteiger partial charge is 0.193 e. The summed E-state index contributed by atoms with van der Waals surface area (Å²) in [5.41, 5.74) is 1.12. The zero-order chi connectivity index (χ0) is 18.1. The summed E-state index contributed by atoms with van der Waals surface area (Å²) < 4.78 is 11.0. The van der Waals surface area contributed by atoms with Gasteiger partial charge in [-0.25, -0.2) is 4.99 Å². The molecule has 1 unspecified atom stereocenters. The van der Waals surface area contributed by atoms with Gasteiger partial charge in [-0.05, 0) is 37.6 Å². The van der Waals surface area contributed by atoms with E-state index in [4.69, 9.17) is 9.15 Å². The van der Waals surface area contributed by atoms with E-state index in [0.29, 0.717) is 18.9 Å². The Morgan fingerprint density at radius 3 is 2.73 bits per heavy atom. The number of halogens is 1. The molecule has 1 aromatic heterocycles. The quantitative estimate of drug-likeness (QED) is 0.350. The van der Waals surface area contributed by atoms with Crippen molar-refractivity contribution >= 4 is 29.9 Å². The minimum Gasteiger partial charge on any atom is -0.491 e. The van der Waals surface area contributed by atoms with Crippen LogP contribution in [0.5, 0.6) is 5.75 Å². The van der Waals surface area contributed by atoms with Gasteiger partial charge in [-0.3, -0.25) is 0 Å². The Morgan fingerprint density at radius 1 is 1.31 bits per heavy atom. The number of ether oxygens (including phenoxy) is 1. The molecule has 2 rings (SSSR count). The van der Waals surface area contributed by atoms with Crippen molar-refractivity contribution in [2.45, 2.75) is 20.0 Å². The molecular weight excluding hydrogens is 445 g/mol. The number of furan rings is 1. The minimum absolute atomic E-state index is 0. The number of aliphatic imine (C=N–C) groups is 1. The number of nitrogens with one attached hydrogen (secondary N) is 1. The van der Waals surface area contributed by atoms with Gasteiger partial charge in [0.2, 0.25) is 0 Å². The number of rotatable bonds is 8. The number of hydrogen-bond donors (Lipinski definition) is 2. The first-order chi connectivity index (χ1) is 12.1. The van der Waals surface area contributed by atoms with Crippen LogP contribution in [0.25, 0.3) is 0 Å². The van der Waals surface area contributed by atoms with E-state index in [-0.39, 0.29) is 30.5 Å². The minimum atomic E-state index is -0.750. The van der Waals surface area contributed by atoms with E-state index in [0.717, 1.165) is 23.8 Å². The molecule has 6 nitrogen and oxygen atoms in total. The zero-order valence-electron chi connectivity index (χ0n) is 15.5. The molecule has 0 saturated heterocycles. The van der Waals surface area contributed by atoms with Crippen LogP contribution in [-0.4, -0.2) is 49.3 Å². The van der Waals surface area contributed by atoms with Crippen molar-refractivity contribution < 1.29 is 14.3 Å². The maximum absolute atomic E-state index is 10.1. The molecule has 2 N–H and O–H groups in total. The molecule has 1 heterocycles. The highest BCUT2D eigenvalue weighted by atomic mass is 127. The Morgan fingerprint density at radius 2 is 2.08 bits per heavy atom. The van der Waals surface area contributed by atoms with Gasteiger partial charge in [-0.1, -0.05) is 18.2 Å². The van der Waals surface area contributed by atoms with Crippen molar-refractivity contribution in [3.05, 3.63) is 54.0 Å². The summed E-state index contributed by atoms with van der Waals surface area (Å²) in [6.45, 7) is 6.25. The summed E-state index contributed by atoms with van der Waals surface area (Å²) in [5.74, 6) is 2.14. The van der Waals surface area contributed by atoms with Crippen molar-refractivity contribution in [3.8, 4) is 5.75 Å². The highest BCUT2D eigenvalue weighted by molar-refractivity contribution is 14.0. The summed E-state index contributed by atoms with van der Waals surface area (Å²) in [5, 5.41) is 13.3. The van der Waals surface area contributed by atoms with Gasteiger partial charge in [-0.2, -0.15) is 0 Å². The van der Waals surface area contributed by atoms with Crippen LogP contribution in [0.4, 0.5) is 0 Å². The van der Waals surface area contributed by atoms with E-state index in [1.807, 2.05) is 50.1 Å². The first-order valence-electron chi connectivity index (χ1n) is 8.51. The maximum Gasteiger partial charge on any atom is 0.193 e. The first kappa shape index (κ1) is 22.3. The van der Waals surface area contributed by atoms with Crippen molar-refractivity contribution in [2.75, 3.05) is 33.3 Å². The van der Waals surface area contributed by atoms with Gasteiger partial charge in [0.1, 0.15) is 24.2 Å². The molecule has 0 bridgehead atoms. The highest BCUT2D eigenvalue weighted by Gasteiger charge is 2.12. The molecular formula is C19H28IN3O3. The van der Waals surface area contributed by atoms with E-state index >= 15 is 0 Å². The lowest BCUT2D eigenvalue weighted by Gasteiger charge is -2.22. The Bertz CT molecular complexity index is 662. The molecule has 1 aromatic carbocycles. The molecule has 144 valence electrons. The van der Waals surface area contributed by atoms with E-state index < -0.39 is 6.10 Å². The number of aliphatic hydroxyl groups excluding tert-OH is 1. The van der Waals surface area contributed by atoms with Crippen LogP contribution in [0, 0.1) is 6.92 Å². The summed E-state index contributed by atoms with van der Waals surface area (Å²) in [6.07, 6.45) is 0.794. The maximum atomic E-state index is 10.1. The van der Waals surface area contributed by atoms with Crippen LogP contribution in [0.1, 0.15) is 24.4 Å². The molecule has 0 aliphatic carbocycles. The third kappa shape index (κ3) is 6.87. The lowest BCUT2D eigenvalue weighted by atomic mass is 10.2. The SMILES string of the molecule is CCNC(=NCC(O)c1ccco1)N(C)CCOc1ccccc1C.I. The number of aliphatic hydroxyl groups is 1. The number of hydrogen-bond acceptors (Lipinski definition) is 4. The molecule has 2 aromatic rings. The van der Waals surface area contributed by atoms with Gasteiger partial charge in [-0.15, -0.1) is 24.0 Å². The standard InChI is InChI=1S/C19H27N3O3.HI/c1-4-20-19(21-14-16(23)18-10-7-12-24-18)22(3)11-13-25-17-9-6-5-8-15(17)2;/h5-10,12,16,23H,4,11,13-14H2,1-3H3,(H,20,21);1H. The number of guanidine groups is 1. The first-order valence-corrected chi connectivity index (χ1v) is 8.51. The molecule has 1 atom stereocenters. The molecule has 26 heavy (non-hydrogen) atoms. The van der Waals surface area contributed by atoms with Gasteiger partial charge in [0.25, 0.3) is 0 Å². The molecule has 0 amide bonds. The number of para-hydroxylation sites is 1. The van der Waals surface area contributed by atoms with Crippen LogP contribution < -0.4 is 10.1 Å². The van der Waals surface area contributed by atoms with Crippen LogP contribution >= 0.6 is 24.0 Å². The molecule has 0 saturated carbocycles. The Kier molecular flexibility index (Phi) is 10.1. The van der Waals surface area contributed by atoms with Gasteiger partial charge < -0.3 is 24.5 Å². The van der Waals surface area contributed by atoms with Gasteiger partial charge in [0.15, 0.2) is 5.96 Å². The number of aryl methyl sites for hydroxylation is 1. The van der Waals surface area contributed by atoms with E-state index in [2.05, 4.69) is 10.3 Å². The van der Waals surface area contributed by atoms with Crippen LogP contribution in [0.3, 0.4) is 0 Å². The largest absolute Gasteiger partial charge is 0.491 e. The van der Waals surface area contributed by atoms with Crippen molar-refractivity contribution in [3.63, 3.8) is 0 Å². The molecule has 0 spiro atoms. The van der Waals surface area contributed by atoms with Crippen LogP contribution in [-0.2, 0) is 0 Å². The second-order valence-corrected chi connectivity index (χ2v) is 5.76. The average Bonchev–Trinajstić information content (AvgIpc) is 3.14. The second kappa shape index (κ2) is 11.8. The van der Waals surface area contributed by atoms with E-state index in [9.17, 15) is 5.11 Å². The third-order valence-electron chi connectivity index (χ3n) is 3.76. The fourth-order valence-corrected chi connectivity index (χ4v) is 2.33. The molecule has 7 heteroatoms. The Balaban J connectivity index is 0.00000338. The number of benzene rings is 1. The van der Waals surface area contributed by atoms with E-state index in [1.54, 1.807) is 18.4 Å². The van der Waals surface area contributed by atoms with Gasteiger partial charge in [0.05, 0.1) is 19.4 Å². The third-order valence-corrected chi connectivity index (χ3v) is 3.76. The van der Waals surface area contributed by atoms with Crippen molar-refractivity contribution in [1.29, 1.82) is 0 Å². The molecule has 0 radical (unpaired) electrons. The monoisotopic (exact) mass is 473 g/mol. The Labute approximate surface area is 172 Å². The topological polar surface area (TPSA) is 70.2 Å². The molecule has 0 aliphatic heterocycles. The fourth-order valence-electron chi connectivity index (χ4n) is 2.33. The fraction of sp³-hybridized carbons (Fsp3) is 0.421. The summed E-state index contributed by atoms with van der Waals surface area (Å²) in [7, 11) is 1.95. The van der Waals surface area contributed by atoms with Gasteiger partial charge >= 0.3 is 0 Å². The van der Waals surface area contributed by atoms with E-state index in [1.165, 1.54) is 0 Å². The lowest BCUT2D eigenvalue weighted by Crippen LogP contribution is -2.41. The molecule has 0 fully saturated rings. The highest BCUT2D eigenvalue weighted by Crippen LogP contribution is 2.16.